The zero-order chi connectivity index (χ0) is 16.1. The first-order valence-corrected chi connectivity index (χ1v) is 7.71. The molecule has 1 N–H and O–H groups in total. The molecule has 0 aliphatic carbocycles. The number of rotatable bonds is 6. The Hall–Kier alpha value is -1.88. The Morgan fingerprint density at radius 1 is 1.23 bits per heavy atom. The van der Waals surface area contributed by atoms with E-state index < -0.39 is 5.97 Å². The van der Waals surface area contributed by atoms with Crippen molar-refractivity contribution in [3.8, 4) is 5.75 Å². The van der Waals surface area contributed by atoms with Crippen molar-refractivity contribution in [3.63, 3.8) is 0 Å². The molecule has 5 nitrogen and oxygen atoms in total. The van der Waals surface area contributed by atoms with Gasteiger partial charge in [0.25, 0.3) is 0 Å². The van der Waals surface area contributed by atoms with Gasteiger partial charge in [0.2, 0.25) is 0 Å². The standard InChI is InChI=1S/C17H23NO4/c1-12(2)22-15-5-3-13(4-6-15)17(21)14-7-9-18(10-8-14)11-16(19)20/h3-6,12,14H,7-11H2,1-2H3,(H,19,20). The van der Waals surface area contributed by atoms with Crippen LogP contribution >= 0.6 is 0 Å². The van der Waals surface area contributed by atoms with Crippen LogP contribution in [-0.4, -0.2) is 47.5 Å². The lowest BCUT2D eigenvalue weighted by Crippen LogP contribution is -2.39. The first kappa shape index (κ1) is 16.5. The lowest BCUT2D eigenvalue weighted by Gasteiger charge is -2.30. The fourth-order valence-electron chi connectivity index (χ4n) is 2.75. The maximum Gasteiger partial charge on any atom is 0.317 e. The van der Waals surface area contributed by atoms with Crippen LogP contribution in [0.1, 0.15) is 37.0 Å². The summed E-state index contributed by atoms with van der Waals surface area (Å²) < 4.78 is 5.57. The van der Waals surface area contributed by atoms with Crippen molar-refractivity contribution in [1.82, 2.24) is 4.90 Å². The van der Waals surface area contributed by atoms with Crippen molar-refractivity contribution < 1.29 is 19.4 Å². The number of carbonyl (C=O) groups excluding carboxylic acids is 1. The van der Waals surface area contributed by atoms with Gasteiger partial charge < -0.3 is 9.84 Å². The first-order valence-electron chi connectivity index (χ1n) is 7.71. The average Bonchev–Trinajstić information content (AvgIpc) is 2.47. The van der Waals surface area contributed by atoms with Gasteiger partial charge in [0, 0.05) is 11.5 Å². The average molecular weight is 305 g/mol. The maximum atomic E-state index is 12.5. The summed E-state index contributed by atoms with van der Waals surface area (Å²) in [5.41, 5.74) is 0.702. The van der Waals surface area contributed by atoms with E-state index in [0.29, 0.717) is 18.7 Å². The molecule has 0 spiro atoms. The highest BCUT2D eigenvalue weighted by Crippen LogP contribution is 2.23. The number of carboxylic acids is 1. The van der Waals surface area contributed by atoms with Crippen LogP contribution in [-0.2, 0) is 4.79 Å². The molecule has 1 aliphatic heterocycles. The van der Waals surface area contributed by atoms with Gasteiger partial charge >= 0.3 is 5.97 Å². The van der Waals surface area contributed by atoms with Gasteiger partial charge in [-0.25, -0.2) is 0 Å². The van der Waals surface area contributed by atoms with Crippen LogP contribution in [0, 0.1) is 5.92 Å². The number of nitrogens with zero attached hydrogens (tertiary/aromatic N) is 1. The van der Waals surface area contributed by atoms with Gasteiger partial charge in [0.1, 0.15) is 5.75 Å². The maximum absolute atomic E-state index is 12.5. The lowest BCUT2D eigenvalue weighted by molar-refractivity contribution is -0.138. The van der Waals surface area contributed by atoms with E-state index in [0.717, 1.165) is 18.6 Å². The number of Topliss-reactive ketones (excluding diaryl/α,β-unsaturated/α-hetero) is 1. The van der Waals surface area contributed by atoms with Crippen LogP contribution in [0.3, 0.4) is 0 Å². The highest BCUT2D eigenvalue weighted by Gasteiger charge is 2.26. The van der Waals surface area contributed by atoms with Crippen molar-refractivity contribution in [2.75, 3.05) is 19.6 Å². The molecular weight excluding hydrogens is 282 g/mol. The van der Waals surface area contributed by atoms with Gasteiger partial charge in [-0.05, 0) is 64.0 Å². The monoisotopic (exact) mass is 305 g/mol. The van der Waals surface area contributed by atoms with Crippen molar-refractivity contribution >= 4 is 11.8 Å². The predicted octanol–water partition coefficient (Wildman–Crippen LogP) is 2.45. The van der Waals surface area contributed by atoms with Crippen LogP contribution in [0.2, 0.25) is 0 Å². The third kappa shape index (κ3) is 4.56. The highest BCUT2D eigenvalue weighted by molar-refractivity contribution is 5.98. The molecule has 1 fully saturated rings. The van der Waals surface area contributed by atoms with Gasteiger partial charge in [-0.2, -0.15) is 0 Å². The van der Waals surface area contributed by atoms with E-state index in [1.54, 1.807) is 0 Å². The minimum absolute atomic E-state index is 0.0121. The largest absolute Gasteiger partial charge is 0.491 e. The van der Waals surface area contributed by atoms with Gasteiger partial charge in [0.05, 0.1) is 12.6 Å². The molecule has 0 amide bonds. The van der Waals surface area contributed by atoms with Crippen LogP contribution in [0.4, 0.5) is 0 Å². The molecule has 0 radical (unpaired) electrons. The number of ketones is 1. The molecule has 1 heterocycles. The summed E-state index contributed by atoms with van der Waals surface area (Å²) in [6.07, 6.45) is 1.55. The van der Waals surface area contributed by atoms with Crippen molar-refractivity contribution in [1.29, 1.82) is 0 Å². The number of ether oxygens (including phenoxy) is 1. The molecule has 22 heavy (non-hydrogen) atoms. The number of hydrogen-bond acceptors (Lipinski definition) is 4. The van der Waals surface area contributed by atoms with Crippen molar-refractivity contribution in [2.24, 2.45) is 5.92 Å². The Morgan fingerprint density at radius 3 is 2.32 bits per heavy atom. The molecule has 0 unspecified atom stereocenters. The SMILES string of the molecule is CC(C)Oc1ccc(C(=O)C2CCN(CC(=O)O)CC2)cc1. The molecule has 1 aliphatic rings. The second kappa shape index (κ2) is 7.40. The molecule has 2 rings (SSSR count). The van der Waals surface area contributed by atoms with E-state index in [4.69, 9.17) is 9.84 Å². The van der Waals surface area contributed by atoms with E-state index >= 15 is 0 Å². The Balaban J connectivity index is 1.91. The van der Waals surface area contributed by atoms with Gasteiger partial charge in [0.15, 0.2) is 5.78 Å². The number of benzene rings is 1. The number of piperidine rings is 1. The summed E-state index contributed by atoms with van der Waals surface area (Å²) >= 11 is 0. The van der Waals surface area contributed by atoms with E-state index in [1.807, 2.05) is 43.0 Å². The first-order chi connectivity index (χ1) is 10.5. The summed E-state index contributed by atoms with van der Waals surface area (Å²) in [5, 5.41) is 8.79. The fraction of sp³-hybridized carbons (Fsp3) is 0.529. The van der Waals surface area contributed by atoms with Crippen LogP contribution in [0.15, 0.2) is 24.3 Å². The third-order valence-corrected chi connectivity index (χ3v) is 3.83. The minimum Gasteiger partial charge on any atom is -0.491 e. The smallest absolute Gasteiger partial charge is 0.317 e. The van der Waals surface area contributed by atoms with Crippen LogP contribution < -0.4 is 4.74 Å². The third-order valence-electron chi connectivity index (χ3n) is 3.83. The molecule has 1 aromatic carbocycles. The highest BCUT2D eigenvalue weighted by atomic mass is 16.5. The number of carbonyl (C=O) groups is 2. The summed E-state index contributed by atoms with van der Waals surface area (Å²) in [6, 6.07) is 7.27. The summed E-state index contributed by atoms with van der Waals surface area (Å²) in [5.74, 6) is 0.0846. The van der Waals surface area contributed by atoms with Crippen LogP contribution in [0.25, 0.3) is 0 Å². The Morgan fingerprint density at radius 2 is 1.82 bits per heavy atom. The van der Waals surface area contributed by atoms with Crippen LogP contribution in [0.5, 0.6) is 5.75 Å². The van der Waals surface area contributed by atoms with Crippen molar-refractivity contribution in [2.45, 2.75) is 32.8 Å². The predicted molar refractivity (Wildman–Crippen MR) is 83.3 cm³/mol. The number of aliphatic carboxylic acids is 1. The normalized spacial score (nSPS) is 16.7. The van der Waals surface area contributed by atoms with Gasteiger partial charge in [-0.15, -0.1) is 0 Å². The molecule has 1 saturated heterocycles. The Bertz CT molecular complexity index is 516. The molecule has 120 valence electrons. The Kier molecular flexibility index (Phi) is 5.55. The van der Waals surface area contributed by atoms with Crippen molar-refractivity contribution in [3.05, 3.63) is 29.8 Å². The van der Waals surface area contributed by atoms with E-state index in [1.165, 1.54) is 0 Å². The quantitative estimate of drug-likeness (QED) is 0.818. The molecule has 1 aromatic rings. The fourth-order valence-corrected chi connectivity index (χ4v) is 2.75. The molecule has 0 aromatic heterocycles. The molecule has 5 heteroatoms. The topological polar surface area (TPSA) is 66.8 Å². The minimum atomic E-state index is -0.814. The summed E-state index contributed by atoms with van der Waals surface area (Å²) in [4.78, 5) is 25.1. The van der Waals surface area contributed by atoms with Gasteiger partial charge in [-0.1, -0.05) is 0 Å². The Labute approximate surface area is 130 Å². The zero-order valence-electron chi connectivity index (χ0n) is 13.1. The lowest BCUT2D eigenvalue weighted by atomic mass is 9.89. The second-order valence-electron chi connectivity index (χ2n) is 6.00. The second-order valence-corrected chi connectivity index (χ2v) is 6.00. The summed E-state index contributed by atoms with van der Waals surface area (Å²) in [6.45, 7) is 5.31. The van der Waals surface area contributed by atoms with Gasteiger partial charge in [-0.3, -0.25) is 14.5 Å². The zero-order valence-corrected chi connectivity index (χ0v) is 13.1. The molecule has 0 bridgehead atoms. The van der Waals surface area contributed by atoms with E-state index in [-0.39, 0.29) is 24.3 Å². The number of carboxylic acid groups (broad SMARTS) is 1. The number of hydrogen-bond donors (Lipinski definition) is 1. The molecule has 0 atom stereocenters. The molecule has 0 saturated carbocycles. The molecular formula is C17H23NO4. The van der Waals surface area contributed by atoms with E-state index in [9.17, 15) is 9.59 Å². The summed E-state index contributed by atoms with van der Waals surface area (Å²) in [7, 11) is 0. The van der Waals surface area contributed by atoms with E-state index in [2.05, 4.69) is 0 Å². The number of likely N-dealkylation sites (tertiary alicyclic amines) is 1.